The highest BCUT2D eigenvalue weighted by Gasteiger charge is 2.19. The molecule has 0 spiro atoms. The molecule has 0 aromatic heterocycles. The van der Waals surface area contributed by atoms with Crippen molar-refractivity contribution in [2.45, 2.75) is 25.8 Å². The molecule has 0 aliphatic rings. The number of nitriles is 1. The third-order valence-electron chi connectivity index (χ3n) is 2.07. The number of carbonyl (C=O) groups is 1. The summed E-state index contributed by atoms with van der Waals surface area (Å²) in [6.07, 6.45) is 0.0672. The Hall–Kier alpha value is -2.02. The van der Waals surface area contributed by atoms with Gasteiger partial charge in [0, 0.05) is 5.56 Å². The third-order valence-corrected chi connectivity index (χ3v) is 2.07. The second kappa shape index (κ2) is 4.67. The first kappa shape index (κ1) is 12.1. The number of nitrogens with one attached hydrogen (secondary N) is 1. The number of nitrogens with zero attached hydrogens (tertiary/aromatic N) is 1. The first-order chi connectivity index (χ1) is 7.44. The van der Waals surface area contributed by atoms with Gasteiger partial charge in [-0.15, -0.1) is 0 Å². The number of amides is 1. The molecule has 0 unspecified atom stereocenters. The van der Waals surface area contributed by atoms with Crippen molar-refractivity contribution in [1.29, 1.82) is 5.26 Å². The molecule has 0 fully saturated rings. The zero-order chi connectivity index (χ0) is 12.2. The van der Waals surface area contributed by atoms with Crippen molar-refractivity contribution in [2.24, 2.45) is 0 Å². The lowest BCUT2D eigenvalue weighted by molar-refractivity contribution is -0.121. The van der Waals surface area contributed by atoms with Crippen LogP contribution in [0.2, 0.25) is 0 Å². The van der Waals surface area contributed by atoms with Gasteiger partial charge in [-0.3, -0.25) is 4.79 Å². The maximum atomic E-state index is 11.6. The Bertz CT molecular complexity index is 433. The molecule has 0 saturated heterocycles. The summed E-state index contributed by atoms with van der Waals surface area (Å²) in [6, 6.07) is 8.62. The fourth-order valence-electron chi connectivity index (χ4n) is 1.25. The van der Waals surface area contributed by atoms with Gasteiger partial charge in [0.1, 0.15) is 11.3 Å². The Kier molecular flexibility index (Phi) is 3.51. The van der Waals surface area contributed by atoms with Crippen LogP contribution in [0.15, 0.2) is 24.3 Å². The van der Waals surface area contributed by atoms with E-state index >= 15 is 0 Å². The normalized spacial score (nSPS) is 10.6. The summed E-state index contributed by atoms with van der Waals surface area (Å²) < 4.78 is 0. The highest BCUT2D eigenvalue weighted by atomic mass is 16.3. The van der Waals surface area contributed by atoms with Gasteiger partial charge in [-0.25, -0.2) is 0 Å². The lowest BCUT2D eigenvalue weighted by atomic mass is 10.1. The summed E-state index contributed by atoms with van der Waals surface area (Å²) in [5.74, 6) is -0.194. The lowest BCUT2D eigenvalue weighted by Gasteiger charge is -2.17. The molecule has 1 amide bonds. The minimum absolute atomic E-state index is 0.0672. The molecule has 1 aromatic carbocycles. The first-order valence-electron chi connectivity index (χ1n) is 4.94. The molecular formula is C12H14N2O2. The highest BCUT2D eigenvalue weighted by Crippen LogP contribution is 2.16. The smallest absolute Gasteiger partial charge is 0.225 e. The maximum absolute atomic E-state index is 11.6. The maximum Gasteiger partial charge on any atom is 0.225 e. The summed E-state index contributed by atoms with van der Waals surface area (Å²) in [5, 5.41) is 20.8. The Labute approximate surface area is 94.5 Å². The zero-order valence-electron chi connectivity index (χ0n) is 9.32. The number of aromatic hydroxyl groups is 1. The van der Waals surface area contributed by atoms with Crippen LogP contribution in [0.4, 0.5) is 0 Å². The van der Waals surface area contributed by atoms with E-state index in [1.165, 1.54) is 6.07 Å². The van der Waals surface area contributed by atoms with E-state index in [1.54, 1.807) is 32.0 Å². The fourth-order valence-corrected chi connectivity index (χ4v) is 1.25. The molecule has 0 aliphatic heterocycles. The van der Waals surface area contributed by atoms with Crippen molar-refractivity contribution in [3.05, 3.63) is 29.8 Å². The molecule has 4 heteroatoms. The summed E-state index contributed by atoms with van der Waals surface area (Å²) in [4.78, 5) is 11.6. The van der Waals surface area contributed by atoms with Crippen molar-refractivity contribution in [3.8, 4) is 11.8 Å². The van der Waals surface area contributed by atoms with Crippen molar-refractivity contribution in [3.63, 3.8) is 0 Å². The minimum atomic E-state index is -0.887. The average molecular weight is 218 g/mol. The molecule has 0 radical (unpaired) electrons. The minimum Gasteiger partial charge on any atom is -0.508 e. The quantitative estimate of drug-likeness (QED) is 0.804. The molecule has 2 N–H and O–H groups in total. The van der Waals surface area contributed by atoms with E-state index in [0.29, 0.717) is 5.56 Å². The van der Waals surface area contributed by atoms with Crippen LogP contribution in [-0.2, 0) is 11.2 Å². The first-order valence-corrected chi connectivity index (χ1v) is 4.94. The van der Waals surface area contributed by atoms with Crippen LogP contribution >= 0.6 is 0 Å². The largest absolute Gasteiger partial charge is 0.508 e. The van der Waals surface area contributed by atoms with Crippen LogP contribution in [0.5, 0.6) is 5.75 Å². The van der Waals surface area contributed by atoms with Crippen LogP contribution in [0, 0.1) is 11.3 Å². The van der Waals surface area contributed by atoms with Crippen molar-refractivity contribution in [1.82, 2.24) is 5.32 Å². The van der Waals surface area contributed by atoms with Gasteiger partial charge in [-0.1, -0.05) is 18.2 Å². The predicted octanol–water partition coefficient (Wildman–Crippen LogP) is 1.35. The number of hydrogen-bond acceptors (Lipinski definition) is 3. The number of benzene rings is 1. The van der Waals surface area contributed by atoms with Gasteiger partial charge in [0.25, 0.3) is 0 Å². The molecule has 1 rings (SSSR count). The van der Waals surface area contributed by atoms with Crippen molar-refractivity contribution in [2.75, 3.05) is 0 Å². The molecule has 4 nitrogen and oxygen atoms in total. The lowest BCUT2D eigenvalue weighted by Crippen LogP contribution is -2.42. The molecule has 1 aromatic rings. The molecule has 84 valence electrons. The van der Waals surface area contributed by atoms with E-state index in [-0.39, 0.29) is 18.1 Å². The van der Waals surface area contributed by atoms with E-state index in [9.17, 15) is 9.90 Å². The van der Waals surface area contributed by atoms with Gasteiger partial charge in [-0.05, 0) is 19.9 Å². The second-order valence-corrected chi connectivity index (χ2v) is 4.09. The van der Waals surface area contributed by atoms with Gasteiger partial charge in [0.15, 0.2) is 0 Å². The monoisotopic (exact) mass is 218 g/mol. The molecule has 0 heterocycles. The fraction of sp³-hybridized carbons (Fsp3) is 0.333. The van der Waals surface area contributed by atoms with Gasteiger partial charge in [0.05, 0.1) is 12.5 Å². The third kappa shape index (κ3) is 3.28. The van der Waals surface area contributed by atoms with Crippen molar-refractivity contribution < 1.29 is 9.90 Å². The van der Waals surface area contributed by atoms with Gasteiger partial charge < -0.3 is 10.4 Å². The van der Waals surface area contributed by atoms with Crippen LogP contribution < -0.4 is 5.32 Å². The van der Waals surface area contributed by atoms with Crippen LogP contribution in [-0.4, -0.2) is 16.6 Å². The molecule has 0 bridgehead atoms. The van der Waals surface area contributed by atoms with Gasteiger partial charge in [0.2, 0.25) is 5.91 Å². The predicted molar refractivity (Wildman–Crippen MR) is 59.6 cm³/mol. The number of carbonyl (C=O) groups excluding carboxylic acids is 1. The summed E-state index contributed by atoms with van der Waals surface area (Å²) in [5.41, 5.74) is -0.338. The zero-order valence-corrected chi connectivity index (χ0v) is 9.32. The number of rotatable bonds is 3. The highest BCUT2D eigenvalue weighted by molar-refractivity contribution is 5.80. The standard InChI is InChI=1S/C12H14N2O2/c1-12(2,8-13)14-11(16)7-9-5-3-4-6-10(9)15/h3-6,15H,7H2,1-2H3,(H,14,16). The molecule has 0 saturated carbocycles. The van der Waals surface area contributed by atoms with Crippen LogP contribution in [0.25, 0.3) is 0 Å². The second-order valence-electron chi connectivity index (χ2n) is 4.09. The molecule has 16 heavy (non-hydrogen) atoms. The summed E-state index contributed by atoms with van der Waals surface area (Å²) in [6.45, 7) is 3.24. The summed E-state index contributed by atoms with van der Waals surface area (Å²) >= 11 is 0. The molecular weight excluding hydrogens is 204 g/mol. The number of para-hydroxylation sites is 1. The van der Waals surface area contributed by atoms with Gasteiger partial charge >= 0.3 is 0 Å². The Morgan fingerprint density at radius 1 is 1.50 bits per heavy atom. The summed E-state index contributed by atoms with van der Waals surface area (Å²) in [7, 11) is 0. The molecule has 0 atom stereocenters. The Balaban J connectivity index is 2.67. The Morgan fingerprint density at radius 2 is 2.12 bits per heavy atom. The SMILES string of the molecule is CC(C)(C#N)NC(=O)Cc1ccccc1O. The van der Waals surface area contributed by atoms with E-state index in [0.717, 1.165) is 0 Å². The van der Waals surface area contributed by atoms with E-state index in [2.05, 4.69) is 5.32 Å². The average Bonchev–Trinajstić information content (AvgIpc) is 2.21. The topological polar surface area (TPSA) is 73.1 Å². The number of phenols is 1. The van der Waals surface area contributed by atoms with E-state index in [1.807, 2.05) is 6.07 Å². The van der Waals surface area contributed by atoms with E-state index < -0.39 is 5.54 Å². The number of hydrogen-bond donors (Lipinski definition) is 2. The van der Waals surface area contributed by atoms with E-state index in [4.69, 9.17) is 5.26 Å². The van der Waals surface area contributed by atoms with Crippen LogP contribution in [0.3, 0.4) is 0 Å². The molecule has 0 aliphatic carbocycles. The van der Waals surface area contributed by atoms with Crippen LogP contribution in [0.1, 0.15) is 19.4 Å². The van der Waals surface area contributed by atoms with Crippen molar-refractivity contribution >= 4 is 5.91 Å². The van der Waals surface area contributed by atoms with Gasteiger partial charge in [-0.2, -0.15) is 5.26 Å². The Morgan fingerprint density at radius 3 is 2.69 bits per heavy atom. The number of phenolic OH excluding ortho intramolecular Hbond substituents is 1.